The Bertz CT molecular complexity index is 682. The molecule has 0 bridgehead atoms. The van der Waals surface area contributed by atoms with Gasteiger partial charge in [-0.2, -0.15) is 0 Å². The van der Waals surface area contributed by atoms with Crippen molar-refractivity contribution < 1.29 is 28.6 Å². The minimum Gasteiger partial charge on any atom is -0.458 e. The summed E-state index contributed by atoms with van der Waals surface area (Å²) in [6.45, 7) is 3.82. The highest BCUT2D eigenvalue weighted by molar-refractivity contribution is 8.03. The molecule has 0 N–H and O–H groups in total. The van der Waals surface area contributed by atoms with Crippen molar-refractivity contribution in [1.29, 1.82) is 0 Å². The highest BCUT2D eigenvalue weighted by Crippen LogP contribution is 2.40. The van der Waals surface area contributed by atoms with Crippen LogP contribution in [0.3, 0.4) is 0 Å². The molecular formula is C18H20O6S. The van der Waals surface area contributed by atoms with Crippen LogP contribution in [0.1, 0.15) is 33.6 Å². The summed E-state index contributed by atoms with van der Waals surface area (Å²) in [5, 5.41) is 0. The molecule has 0 amide bonds. The fourth-order valence-electron chi connectivity index (χ4n) is 2.52. The smallest absolute Gasteiger partial charge is 0.307 e. The van der Waals surface area contributed by atoms with Crippen molar-refractivity contribution >= 4 is 29.7 Å². The molecular weight excluding hydrogens is 344 g/mol. The van der Waals surface area contributed by atoms with E-state index >= 15 is 0 Å². The van der Waals surface area contributed by atoms with Gasteiger partial charge >= 0.3 is 17.9 Å². The van der Waals surface area contributed by atoms with Gasteiger partial charge in [-0.1, -0.05) is 30.0 Å². The summed E-state index contributed by atoms with van der Waals surface area (Å²) >= 11 is 1.44. The summed E-state index contributed by atoms with van der Waals surface area (Å²) in [6, 6.07) is 9.58. The van der Waals surface area contributed by atoms with Gasteiger partial charge in [-0.15, -0.1) is 0 Å². The number of carbonyl (C=O) groups excluding carboxylic acids is 3. The zero-order valence-electron chi connectivity index (χ0n) is 14.3. The summed E-state index contributed by atoms with van der Waals surface area (Å²) in [5.41, 5.74) is 0. The van der Waals surface area contributed by atoms with Crippen LogP contribution in [0.5, 0.6) is 0 Å². The van der Waals surface area contributed by atoms with E-state index in [0.717, 1.165) is 9.80 Å². The number of carbonyl (C=O) groups is 3. The summed E-state index contributed by atoms with van der Waals surface area (Å²) in [6.07, 6.45) is -0.615. The lowest BCUT2D eigenvalue weighted by molar-refractivity contribution is -0.168. The predicted molar refractivity (Wildman–Crippen MR) is 91.4 cm³/mol. The van der Waals surface area contributed by atoms with Crippen LogP contribution in [-0.4, -0.2) is 30.1 Å². The normalized spacial score (nSPS) is 20.0. The molecule has 0 saturated carbocycles. The maximum absolute atomic E-state index is 11.6. The third-order valence-electron chi connectivity index (χ3n) is 3.38. The molecule has 1 aromatic rings. The van der Waals surface area contributed by atoms with Gasteiger partial charge in [-0.25, -0.2) is 0 Å². The van der Waals surface area contributed by atoms with Crippen LogP contribution in [0.2, 0.25) is 0 Å². The fraction of sp³-hybridized carbons (Fsp3) is 0.389. The molecule has 2 atom stereocenters. The SMILES string of the molecule is CC(=O)OC1=C(Sc2ccccc2)CC[C@@H](OC(C)=O)[C@H]1OC(C)=O. The Morgan fingerprint density at radius 2 is 1.60 bits per heavy atom. The Hall–Kier alpha value is -2.28. The lowest BCUT2D eigenvalue weighted by Gasteiger charge is -2.32. The van der Waals surface area contributed by atoms with Gasteiger partial charge in [-0.05, 0) is 25.0 Å². The van der Waals surface area contributed by atoms with E-state index in [1.807, 2.05) is 30.3 Å². The molecule has 0 aliphatic heterocycles. The summed E-state index contributed by atoms with van der Waals surface area (Å²) in [5.74, 6) is -1.32. The van der Waals surface area contributed by atoms with Crippen LogP contribution in [0.4, 0.5) is 0 Å². The molecule has 0 fully saturated rings. The van der Waals surface area contributed by atoms with Crippen LogP contribution in [0.15, 0.2) is 45.9 Å². The van der Waals surface area contributed by atoms with Crippen molar-refractivity contribution in [2.75, 3.05) is 0 Å². The second kappa shape index (κ2) is 8.71. The van der Waals surface area contributed by atoms with Crippen molar-refractivity contribution in [1.82, 2.24) is 0 Å². The number of thioether (sulfide) groups is 1. The minimum atomic E-state index is -0.940. The molecule has 1 aromatic carbocycles. The Balaban J connectivity index is 2.38. The highest BCUT2D eigenvalue weighted by Gasteiger charge is 2.39. The molecule has 2 rings (SSSR count). The number of ether oxygens (including phenoxy) is 3. The zero-order chi connectivity index (χ0) is 18.4. The minimum absolute atomic E-state index is 0.231. The van der Waals surface area contributed by atoms with E-state index in [1.54, 1.807) is 0 Å². The summed E-state index contributed by atoms with van der Waals surface area (Å²) < 4.78 is 15.9. The van der Waals surface area contributed by atoms with Gasteiger partial charge < -0.3 is 14.2 Å². The Kier molecular flexibility index (Phi) is 6.64. The molecule has 25 heavy (non-hydrogen) atoms. The molecule has 0 unspecified atom stereocenters. The van der Waals surface area contributed by atoms with Crippen molar-refractivity contribution in [2.45, 2.75) is 50.7 Å². The van der Waals surface area contributed by atoms with Gasteiger partial charge in [0.1, 0.15) is 6.10 Å². The van der Waals surface area contributed by atoms with Crippen molar-refractivity contribution in [3.8, 4) is 0 Å². The van der Waals surface area contributed by atoms with Gasteiger partial charge in [0.25, 0.3) is 0 Å². The van der Waals surface area contributed by atoms with Crippen molar-refractivity contribution in [2.24, 2.45) is 0 Å². The van der Waals surface area contributed by atoms with Crippen LogP contribution < -0.4 is 0 Å². The number of hydrogen-bond acceptors (Lipinski definition) is 7. The Labute approximate surface area is 150 Å². The van der Waals surface area contributed by atoms with E-state index in [0.29, 0.717) is 12.8 Å². The van der Waals surface area contributed by atoms with Crippen LogP contribution in [-0.2, 0) is 28.6 Å². The van der Waals surface area contributed by atoms with Crippen molar-refractivity contribution in [3.63, 3.8) is 0 Å². The van der Waals surface area contributed by atoms with E-state index in [-0.39, 0.29) is 5.76 Å². The summed E-state index contributed by atoms with van der Waals surface area (Å²) in [7, 11) is 0. The average Bonchev–Trinajstić information content (AvgIpc) is 2.52. The van der Waals surface area contributed by atoms with Crippen LogP contribution in [0.25, 0.3) is 0 Å². The van der Waals surface area contributed by atoms with Crippen LogP contribution in [0, 0.1) is 0 Å². The van der Waals surface area contributed by atoms with E-state index in [2.05, 4.69) is 0 Å². The van der Waals surface area contributed by atoms with Gasteiger partial charge in [0.15, 0.2) is 11.9 Å². The third-order valence-corrected chi connectivity index (χ3v) is 4.53. The second-order valence-electron chi connectivity index (χ2n) is 5.51. The molecule has 0 spiro atoms. The van der Waals surface area contributed by atoms with Gasteiger partial charge in [0.2, 0.25) is 0 Å². The number of hydrogen-bond donors (Lipinski definition) is 0. The first kappa shape index (κ1) is 19.1. The predicted octanol–water partition coefficient (Wildman–Crippen LogP) is 3.21. The molecule has 0 aromatic heterocycles. The maximum atomic E-state index is 11.6. The first-order valence-electron chi connectivity index (χ1n) is 7.85. The lowest BCUT2D eigenvalue weighted by atomic mass is 9.99. The number of allylic oxidation sites excluding steroid dienone is 1. The number of esters is 3. The number of benzene rings is 1. The molecule has 134 valence electrons. The molecule has 6 nitrogen and oxygen atoms in total. The largest absolute Gasteiger partial charge is 0.458 e. The monoisotopic (exact) mass is 364 g/mol. The van der Waals surface area contributed by atoms with E-state index in [1.165, 1.54) is 32.5 Å². The van der Waals surface area contributed by atoms with Crippen molar-refractivity contribution in [3.05, 3.63) is 41.0 Å². The molecule has 1 aliphatic carbocycles. The van der Waals surface area contributed by atoms with E-state index < -0.39 is 30.1 Å². The quantitative estimate of drug-likeness (QED) is 0.586. The second-order valence-corrected chi connectivity index (χ2v) is 6.68. The average molecular weight is 364 g/mol. The first-order valence-corrected chi connectivity index (χ1v) is 8.67. The van der Waals surface area contributed by atoms with Gasteiger partial charge in [0.05, 0.1) is 0 Å². The Morgan fingerprint density at radius 3 is 2.16 bits per heavy atom. The fourth-order valence-corrected chi connectivity index (χ4v) is 3.58. The molecule has 0 heterocycles. The standard InChI is InChI=1S/C18H20O6S/c1-11(19)22-15-9-10-16(25-14-7-5-4-6-8-14)18(24-13(3)21)17(15)23-12(2)20/h4-8,15,17H,9-10H2,1-3H3/t15-,17-/m1/s1. The highest BCUT2D eigenvalue weighted by atomic mass is 32.2. The van der Waals surface area contributed by atoms with Gasteiger partial charge in [0, 0.05) is 30.6 Å². The zero-order valence-corrected chi connectivity index (χ0v) is 15.1. The molecule has 1 aliphatic rings. The van der Waals surface area contributed by atoms with Crippen LogP contribution >= 0.6 is 11.8 Å². The third kappa shape index (κ3) is 5.63. The Morgan fingerprint density at radius 1 is 0.960 bits per heavy atom. The molecule has 0 radical (unpaired) electrons. The number of rotatable bonds is 5. The lowest BCUT2D eigenvalue weighted by Crippen LogP contribution is -2.40. The first-order chi connectivity index (χ1) is 11.9. The van der Waals surface area contributed by atoms with E-state index in [4.69, 9.17) is 14.2 Å². The van der Waals surface area contributed by atoms with Gasteiger partial charge in [-0.3, -0.25) is 14.4 Å². The molecule has 0 saturated heterocycles. The topological polar surface area (TPSA) is 78.9 Å². The summed E-state index contributed by atoms with van der Waals surface area (Å²) in [4.78, 5) is 36.2. The van der Waals surface area contributed by atoms with E-state index in [9.17, 15) is 14.4 Å². The molecule has 7 heteroatoms. The maximum Gasteiger partial charge on any atom is 0.307 e.